The highest BCUT2D eigenvalue weighted by Gasteiger charge is 2.16. The highest BCUT2D eigenvalue weighted by atomic mass is 16.5. The normalized spacial score (nSPS) is 15.9. The van der Waals surface area contributed by atoms with Crippen LogP contribution in [0.3, 0.4) is 0 Å². The van der Waals surface area contributed by atoms with E-state index in [4.69, 9.17) is 10.5 Å². The summed E-state index contributed by atoms with van der Waals surface area (Å²) in [5.74, 6) is 1.74. The second kappa shape index (κ2) is 6.31. The number of aromatic hydroxyl groups is 1. The van der Waals surface area contributed by atoms with Crippen LogP contribution in [0.15, 0.2) is 23.2 Å². The van der Waals surface area contributed by atoms with Gasteiger partial charge in [0.25, 0.3) is 0 Å². The van der Waals surface area contributed by atoms with Crippen molar-refractivity contribution in [1.29, 1.82) is 0 Å². The maximum Gasteiger partial charge on any atom is 0.188 e. The average Bonchev–Trinajstić information content (AvgIpc) is 2.36. The van der Waals surface area contributed by atoms with E-state index in [1.54, 1.807) is 12.1 Å². The van der Waals surface area contributed by atoms with Gasteiger partial charge in [0.15, 0.2) is 17.5 Å². The van der Waals surface area contributed by atoms with Crippen molar-refractivity contribution in [2.45, 2.75) is 25.8 Å². The molecule has 0 atom stereocenters. The first-order chi connectivity index (χ1) is 9.20. The summed E-state index contributed by atoms with van der Waals surface area (Å²) in [4.78, 5) is 4.23. The molecule has 1 fully saturated rings. The second-order valence-corrected chi connectivity index (χ2v) is 4.85. The number of ether oxygens (including phenoxy) is 1. The zero-order valence-corrected chi connectivity index (χ0v) is 11.2. The van der Waals surface area contributed by atoms with E-state index in [0.29, 0.717) is 23.8 Å². The molecule has 0 amide bonds. The Kier molecular flexibility index (Phi) is 4.49. The number of nitrogens with one attached hydrogen (secondary N) is 1. The van der Waals surface area contributed by atoms with Gasteiger partial charge < -0.3 is 20.9 Å². The van der Waals surface area contributed by atoms with E-state index in [1.807, 2.05) is 6.07 Å². The van der Waals surface area contributed by atoms with E-state index in [2.05, 4.69) is 10.3 Å². The van der Waals surface area contributed by atoms with Crippen LogP contribution in [0, 0.1) is 5.92 Å². The van der Waals surface area contributed by atoms with Gasteiger partial charge in [-0.25, -0.2) is 4.99 Å². The molecular formula is C14H21N3O2. The lowest BCUT2D eigenvalue weighted by Gasteiger charge is -2.25. The summed E-state index contributed by atoms with van der Waals surface area (Å²) in [5.41, 5.74) is 6.50. The fourth-order valence-corrected chi connectivity index (χ4v) is 2.03. The smallest absolute Gasteiger partial charge is 0.188 e. The van der Waals surface area contributed by atoms with Crippen molar-refractivity contribution in [2.75, 3.05) is 13.7 Å². The van der Waals surface area contributed by atoms with Crippen molar-refractivity contribution < 1.29 is 9.84 Å². The van der Waals surface area contributed by atoms with Gasteiger partial charge in [-0.3, -0.25) is 0 Å². The molecule has 104 valence electrons. The van der Waals surface area contributed by atoms with Crippen LogP contribution in [0.5, 0.6) is 11.5 Å². The van der Waals surface area contributed by atoms with Gasteiger partial charge in [-0.15, -0.1) is 0 Å². The van der Waals surface area contributed by atoms with Crippen LogP contribution in [0.4, 0.5) is 0 Å². The molecule has 1 aliphatic carbocycles. The zero-order chi connectivity index (χ0) is 13.7. The number of hydrogen-bond acceptors (Lipinski definition) is 3. The highest BCUT2D eigenvalue weighted by Crippen LogP contribution is 2.29. The van der Waals surface area contributed by atoms with E-state index in [0.717, 1.165) is 12.5 Å². The number of nitrogens with zero attached hydrogens (tertiary/aromatic N) is 1. The van der Waals surface area contributed by atoms with Crippen molar-refractivity contribution in [3.05, 3.63) is 23.8 Å². The third kappa shape index (κ3) is 3.53. The fourth-order valence-electron chi connectivity index (χ4n) is 2.03. The average molecular weight is 263 g/mol. The Morgan fingerprint density at radius 2 is 2.32 bits per heavy atom. The molecule has 4 N–H and O–H groups in total. The zero-order valence-electron chi connectivity index (χ0n) is 11.2. The van der Waals surface area contributed by atoms with Gasteiger partial charge >= 0.3 is 0 Å². The Hall–Kier alpha value is -1.91. The summed E-state index contributed by atoms with van der Waals surface area (Å²) in [6.07, 6.45) is 3.87. The summed E-state index contributed by atoms with van der Waals surface area (Å²) in [6, 6.07) is 5.34. The number of para-hydroxylation sites is 1. The summed E-state index contributed by atoms with van der Waals surface area (Å²) >= 11 is 0. The van der Waals surface area contributed by atoms with Gasteiger partial charge in [-0.1, -0.05) is 18.6 Å². The molecule has 0 spiro atoms. The predicted octanol–water partition coefficient (Wildman–Crippen LogP) is 1.61. The summed E-state index contributed by atoms with van der Waals surface area (Å²) in [5, 5.41) is 13.0. The van der Waals surface area contributed by atoms with E-state index in [-0.39, 0.29) is 5.75 Å². The number of rotatable bonds is 5. The van der Waals surface area contributed by atoms with Gasteiger partial charge in [0, 0.05) is 12.1 Å². The first-order valence-corrected chi connectivity index (χ1v) is 6.59. The molecule has 5 heteroatoms. The van der Waals surface area contributed by atoms with Crippen LogP contribution >= 0.6 is 0 Å². The van der Waals surface area contributed by atoms with Gasteiger partial charge in [0.1, 0.15) is 0 Å². The number of aliphatic imine (C=N–C) groups is 1. The Morgan fingerprint density at radius 3 is 2.95 bits per heavy atom. The monoisotopic (exact) mass is 263 g/mol. The van der Waals surface area contributed by atoms with Gasteiger partial charge in [0.2, 0.25) is 0 Å². The maximum atomic E-state index is 9.91. The lowest BCUT2D eigenvalue weighted by Crippen LogP contribution is -2.37. The van der Waals surface area contributed by atoms with Crippen LogP contribution in [-0.2, 0) is 6.54 Å². The first kappa shape index (κ1) is 13.5. The molecule has 1 saturated carbocycles. The lowest BCUT2D eigenvalue weighted by atomic mass is 9.85. The van der Waals surface area contributed by atoms with Gasteiger partial charge in [-0.05, 0) is 24.8 Å². The summed E-state index contributed by atoms with van der Waals surface area (Å²) in [6.45, 7) is 1.23. The standard InChI is InChI=1S/C14H21N3O2/c1-19-12-7-3-6-11(13(12)18)9-17-14(15)16-8-10-4-2-5-10/h3,6-7,10,18H,2,4-5,8-9H2,1H3,(H3,15,16,17). The quantitative estimate of drug-likeness (QED) is 0.557. The minimum absolute atomic E-state index is 0.126. The topological polar surface area (TPSA) is 79.9 Å². The van der Waals surface area contributed by atoms with Crippen molar-refractivity contribution in [3.63, 3.8) is 0 Å². The van der Waals surface area contributed by atoms with Crippen LogP contribution in [0.2, 0.25) is 0 Å². The van der Waals surface area contributed by atoms with Crippen LogP contribution in [0.25, 0.3) is 0 Å². The predicted molar refractivity (Wildman–Crippen MR) is 75.3 cm³/mol. The van der Waals surface area contributed by atoms with E-state index in [1.165, 1.54) is 26.4 Å². The highest BCUT2D eigenvalue weighted by molar-refractivity contribution is 5.77. The summed E-state index contributed by atoms with van der Waals surface area (Å²) < 4.78 is 5.05. The molecule has 0 radical (unpaired) electrons. The molecular weight excluding hydrogens is 242 g/mol. The number of nitrogens with two attached hydrogens (primary N) is 1. The van der Waals surface area contributed by atoms with Crippen molar-refractivity contribution in [1.82, 2.24) is 5.32 Å². The number of benzene rings is 1. The number of methoxy groups -OCH3 is 1. The third-order valence-corrected chi connectivity index (χ3v) is 3.52. The van der Waals surface area contributed by atoms with E-state index in [9.17, 15) is 5.11 Å². The van der Waals surface area contributed by atoms with Crippen LogP contribution < -0.4 is 15.8 Å². The Labute approximate surface area is 113 Å². The molecule has 1 aromatic rings. The molecule has 1 aromatic carbocycles. The number of guanidine groups is 1. The Balaban J connectivity index is 1.89. The van der Waals surface area contributed by atoms with Gasteiger partial charge in [0.05, 0.1) is 13.7 Å². The first-order valence-electron chi connectivity index (χ1n) is 6.59. The summed E-state index contributed by atoms with van der Waals surface area (Å²) in [7, 11) is 1.52. The molecule has 0 unspecified atom stereocenters. The minimum Gasteiger partial charge on any atom is -0.504 e. The van der Waals surface area contributed by atoms with E-state index < -0.39 is 0 Å². The molecule has 0 heterocycles. The number of phenols is 1. The van der Waals surface area contributed by atoms with Crippen molar-refractivity contribution in [2.24, 2.45) is 16.6 Å². The SMILES string of the molecule is COc1cccc(CN=C(N)NCC2CCC2)c1O. The molecule has 1 aliphatic rings. The fraction of sp³-hybridized carbons (Fsp3) is 0.500. The number of hydrogen-bond donors (Lipinski definition) is 3. The largest absolute Gasteiger partial charge is 0.504 e. The molecule has 2 rings (SSSR count). The lowest BCUT2D eigenvalue weighted by molar-refractivity contribution is 0.315. The Morgan fingerprint density at radius 1 is 1.53 bits per heavy atom. The van der Waals surface area contributed by atoms with Crippen molar-refractivity contribution in [3.8, 4) is 11.5 Å². The van der Waals surface area contributed by atoms with Crippen LogP contribution in [-0.4, -0.2) is 24.7 Å². The van der Waals surface area contributed by atoms with E-state index >= 15 is 0 Å². The molecule has 5 nitrogen and oxygen atoms in total. The maximum absolute atomic E-state index is 9.91. The Bertz CT molecular complexity index is 456. The molecule has 0 bridgehead atoms. The molecule has 0 saturated heterocycles. The molecule has 19 heavy (non-hydrogen) atoms. The molecule has 0 aliphatic heterocycles. The second-order valence-electron chi connectivity index (χ2n) is 4.85. The van der Waals surface area contributed by atoms with Crippen molar-refractivity contribution >= 4 is 5.96 Å². The third-order valence-electron chi connectivity index (χ3n) is 3.52. The number of phenolic OH excluding ortho intramolecular Hbond substituents is 1. The molecule has 0 aromatic heterocycles. The minimum atomic E-state index is 0.126. The van der Waals surface area contributed by atoms with Crippen LogP contribution in [0.1, 0.15) is 24.8 Å². The van der Waals surface area contributed by atoms with Gasteiger partial charge in [-0.2, -0.15) is 0 Å².